The van der Waals surface area contributed by atoms with Gasteiger partial charge in [0.2, 0.25) is 0 Å². The Morgan fingerprint density at radius 2 is 2.19 bits per heavy atom. The molecule has 0 N–H and O–H groups in total. The number of carbonyl (C=O) groups excluding carboxylic acids is 1. The van der Waals surface area contributed by atoms with Crippen LogP contribution in [0.5, 0.6) is 0 Å². The fraction of sp³-hybridized carbons (Fsp3) is 0.412. The first kappa shape index (κ1) is 15.9. The summed E-state index contributed by atoms with van der Waals surface area (Å²) in [4.78, 5) is 18.9. The van der Waals surface area contributed by atoms with Crippen LogP contribution >= 0.6 is 11.3 Å². The van der Waals surface area contributed by atoms with Crippen molar-refractivity contribution in [3.05, 3.63) is 51.5 Å². The van der Waals surface area contributed by atoms with Crippen LogP contribution in [0.3, 0.4) is 0 Å². The first-order chi connectivity index (χ1) is 9.95. The molecule has 0 unspecified atom stereocenters. The van der Waals surface area contributed by atoms with Gasteiger partial charge in [0, 0.05) is 30.9 Å². The number of hydrogen-bond acceptors (Lipinski definition) is 4. The van der Waals surface area contributed by atoms with Crippen LogP contribution < -0.4 is 0 Å². The number of pyridine rings is 1. The molecule has 1 atom stereocenters. The predicted octanol–water partition coefficient (Wildman–Crippen LogP) is 3.72. The lowest BCUT2D eigenvalue weighted by Gasteiger charge is -2.24. The second kappa shape index (κ2) is 6.96. The third kappa shape index (κ3) is 4.48. The van der Waals surface area contributed by atoms with Crippen LogP contribution in [0.15, 0.2) is 29.8 Å². The monoisotopic (exact) mass is 302 g/mol. The molecule has 0 aromatic carbocycles. The topological polar surface area (TPSA) is 33.2 Å². The summed E-state index contributed by atoms with van der Waals surface area (Å²) in [5.74, 6) is 0.144. The third-order valence-electron chi connectivity index (χ3n) is 3.66. The molecule has 0 aliphatic carbocycles. The molecule has 2 aromatic heterocycles. The molecule has 0 aliphatic heterocycles. The molecule has 2 aromatic rings. The van der Waals surface area contributed by atoms with Gasteiger partial charge in [-0.1, -0.05) is 0 Å². The highest BCUT2D eigenvalue weighted by Gasteiger charge is 2.13. The van der Waals surface area contributed by atoms with E-state index >= 15 is 0 Å². The average Bonchev–Trinajstić information content (AvgIpc) is 2.87. The Bertz CT molecular complexity index is 621. The Morgan fingerprint density at radius 3 is 2.81 bits per heavy atom. The van der Waals surface area contributed by atoms with Gasteiger partial charge in [-0.2, -0.15) is 0 Å². The van der Waals surface area contributed by atoms with Gasteiger partial charge in [-0.25, -0.2) is 0 Å². The van der Waals surface area contributed by atoms with E-state index in [4.69, 9.17) is 0 Å². The van der Waals surface area contributed by atoms with Gasteiger partial charge in [0.05, 0.1) is 4.88 Å². The Kier molecular flexibility index (Phi) is 5.26. The number of hydrogen-bond donors (Lipinski definition) is 0. The highest BCUT2D eigenvalue weighted by molar-refractivity contribution is 7.12. The summed E-state index contributed by atoms with van der Waals surface area (Å²) < 4.78 is 0. The first-order valence-electron chi connectivity index (χ1n) is 7.16. The smallest absolute Gasteiger partial charge is 0.169 e. The minimum Gasteiger partial charge on any atom is -0.299 e. The van der Waals surface area contributed by atoms with Crippen molar-refractivity contribution in [1.82, 2.24) is 9.88 Å². The number of aromatic nitrogens is 1. The van der Waals surface area contributed by atoms with Crippen LogP contribution in [0.4, 0.5) is 0 Å². The molecule has 2 heterocycles. The van der Waals surface area contributed by atoms with Gasteiger partial charge in [-0.3, -0.25) is 14.7 Å². The summed E-state index contributed by atoms with van der Waals surface area (Å²) in [6.45, 7) is 6.78. The summed E-state index contributed by atoms with van der Waals surface area (Å²) in [5, 5.41) is 2.07. The lowest BCUT2D eigenvalue weighted by molar-refractivity contribution is 0.102. The number of nitrogens with zero attached hydrogens (tertiary/aromatic N) is 2. The molecule has 0 amide bonds. The van der Waals surface area contributed by atoms with E-state index in [1.807, 2.05) is 18.3 Å². The summed E-state index contributed by atoms with van der Waals surface area (Å²) in [7, 11) is 2.12. The van der Waals surface area contributed by atoms with Crippen LogP contribution in [-0.4, -0.2) is 28.8 Å². The number of Topliss-reactive ketones (excluding diaryl/α,β-unsaturated/α-hetero) is 1. The first-order valence-corrected chi connectivity index (χ1v) is 8.04. The van der Waals surface area contributed by atoms with Crippen LogP contribution in [0.2, 0.25) is 0 Å². The van der Waals surface area contributed by atoms with Gasteiger partial charge >= 0.3 is 0 Å². The zero-order valence-electron chi connectivity index (χ0n) is 13.1. The SMILES string of the molecule is CC(=O)c1cc(CN(C)[C@H](C)Cc2cc(C)ccn2)cs1. The Balaban J connectivity index is 1.95. The highest BCUT2D eigenvalue weighted by Crippen LogP contribution is 2.18. The number of ketones is 1. The van der Waals surface area contributed by atoms with E-state index in [-0.39, 0.29) is 5.78 Å². The number of likely N-dealkylation sites (N-methyl/N-ethyl adjacent to an activating group) is 1. The Hall–Kier alpha value is -1.52. The number of carbonyl (C=O) groups is 1. The maximum atomic E-state index is 11.3. The summed E-state index contributed by atoms with van der Waals surface area (Å²) >= 11 is 1.53. The summed E-state index contributed by atoms with van der Waals surface area (Å²) in [6.07, 6.45) is 2.80. The number of rotatable bonds is 6. The van der Waals surface area contributed by atoms with Crippen molar-refractivity contribution in [3.63, 3.8) is 0 Å². The fourth-order valence-electron chi connectivity index (χ4n) is 2.26. The Morgan fingerprint density at radius 1 is 1.43 bits per heavy atom. The largest absolute Gasteiger partial charge is 0.299 e. The molecule has 0 aliphatic rings. The van der Waals surface area contributed by atoms with Crippen molar-refractivity contribution in [3.8, 4) is 0 Å². The molecule has 0 saturated heterocycles. The molecule has 0 bridgehead atoms. The van der Waals surface area contributed by atoms with Crippen LogP contribution in [0.25, 0.3) is 0 Å². The molecule has 2 rings (SSSR count). The molecule has 0 fully saturated rings. The Labute approximate surface area is 130 Å². The maximum absolute atomic E-state index is 11.3. The minimum atomic E-state index is 0.144. The van der Waals surface area contributed by atoms with Crippen LogP contribution in [0.1, 0.15) is 40.3 Å². The molecule has 0 radical (unpaired) electrons. The molecular weight excluding hydrogens is 280 g/mol. The van der Waals surface area contributed by atoms with Crippen LogP contribution in [-0.2, 0) is 13.0 Å². The standard InChI is InChI=1S/C17H22N2OS/c1-12-5-6-18-16(7-12)8-13(2)19(4)10-15-9-17(14(3)20)21-11-15/h5-7,9,11,13H,8,10H2,1-4H3/t13-/m1/s1. The quantitative estimate of drug-likeness (QED) is 0.763. The highest BCUT2D eigenvalue weighted by atomic mass is 32.1. The van der Waals surface area contributed by atoms with E-state index in [1.165, 1.54) is 22.5 Å². The second-order valence-corrected chi connectivity index (χ2v) is 6.58. The lowest BCUT2D eigenvalue weighted by Crippen LogP contribution is -2.30. The van der Waals surface area contributed by atoms with Gasteiger partial charge < -0.3 is 0 Å². The average molecular weight is 302 g/mol. The van der Waals surface area contributed by atoms with Crippen molar-refractivity contribution >= 4 is 17.1 Å². The van der Waals surface area contributed by atoms with Crippen molar-refractivity contribution in [2.45, 2.75) is 39.8 Å². The molecule has 3 nitrogen and oxygen atoms in total. The summed E-state index contributed by atoms with van der Waals surface area (Å²) in [5.41, 5.74) is 3.58. The molecule has 4 heteroatoms. The van der Waals surface area contributed by atoms with Crippen LogP contribution in [0, 0.1) is 6.92 Å². The van der Waals surface area contributed by atoms with Gasteiger partial charge in [0.15, 0.2) is 5.78 Å². The van der Waals surface area contributed by atoms with E-state index in [1.54, 1.807) is 6.92 Å². The summed E-state index contributed by atoms with van der Waals surface area (Å²) in [6, 6.07) is 6.57. The van der Waals surface area contributed by atoms with Crippen molar-refractivity contribution in [2.24, 2.45) is 0 Å². The predicted molar refractivity (Wildman–Crippen MR) is 87.9 cm³/mol. The zero-order chi connectivity index (χ0) is 15.4. The molecule has 0 saturated carbocycles. The van der Waals surface area contributed by atoms with E-state index in [2.05, 4.69) is 42.2 Å². The second-order valence-electron chi connectivity index (χ2n) is 5.67. The van der Waals surface area contributed by atoms with E-state index in [0.29, 0.717) is 6.04 Å². The lowest BCUT2D eigenvalue weighted by atomic mass is 10.1. The van der Waals surface area contributed by atoms with E-state index in [9.17, 15) is 4.79 Å². The van der Waals surface area contributed by atoms with Crippen molar-refractivity contribution < 1.29 is 4.79 Å². The molecule has 112 valence electrons. The maximum Gasteiger partial charge on any atom is 0.169 e. The molecule has 0 spiro atoms. The normalized spacial score (nSPS) is 12.6. The third-order valence-corrected chi connectivity index (χ3v) is 4.74. The molecular formula is C17H22N2OS. The minimum absolute atomic E-state index is 0.144. The van der Waals surface area contributed by atoms with Crippen molar-refractivity contribution in [2.75, 3.05) is 7.05 Å². The van der Waals surface area contributed by atoms with E-state index < -0.39 is 0 Å². The van der Waals surface area contributed by atoms with Gasteiger partial charge in [-0.15, -0.1) is 11.3 Å². The molecule has 21 heavy (non-hydrogen) atoms. The zero-order valence-corrected chi connectivity index (χ0v) is 13.9. The fourth-order valence-corrected chi connectivity index (χ4v) is 3.06. The van der Waals surface area contributed by atoms with E-state index in [0.717, 1.165) is 23.5 Å². The van der Waals surface area contributed by atoms with Gasteiger partial charge in [0.25, 0.3) is 0 Å². The van der Waals surface area contributed by atoms with Gasteiger partial charge in [-0.05, 0) is 62.5 Å². The van der Waals surface area contributed by atoms with Gasteiger partial charge in [0.1, 0.15) is 0 Å². The number of thiophene rings is 1. The number of aryl methyl sites for hydroxylation is 1. The van der Waals surface area contributed by atoms with Crippen molar-refractivity contribution in [1.29, 1.82) is 0 Å².